The molecule has 0 spiro atoms. The maximum atomic E-state index is 13.1. The van der Waals surface area contributed by atoms with Gasteiger partial charge in [-0.15, -0.1) is 0 Å². The van der Waals surface area contributed by atoms with Gasteiger partial charge in [-0.25, -0.2) is 8.42 Å². The van der Waals surface area contributed by atoms with Crippen LogP contribution in [0, 0.1) is 0 Å². The minimum atomic E-state index is -3.11. The highest BCUT2D eigenvalue weighted by Crippen LogP contribution is 2.26. The maximum absolute atomic E-state index is 13.1. The Morgan fingerprint density at radius 1 is 1.19 bits per heavy atom. The van der Waals surface area contributed by atoms with E-state index in [0.717, 1.165) is 5.56 Å². The SMILES string of the molecule is C[C@H](Oc1ccccc1Cl)C(=O)N(Cc1ccccc1)[C@@H]1CCS(=O)(=O)C1. The van der Waals surface area contributed by atoms with Crippen molar-refractivity contribution in [2.75, 3.05) is 11.5 Å². The molecule has 0 unspecified atom stereocenters. The Balaban J connectivity index is 1.80. The summed E-state index contributed by atoms with van der Waals surface area (Å²) in [5, 5.41) is 0.426. The molecule has 5 nitrogen and oxygen atoms in total. The lowest BCUT2D eigenvalue weighted by atomic mass is 10.1. The van der Waals surface area contributed by atoms with Gasteiger partial charge in [0.15, 0.2) is 15.9 Å². The molecule has 2 aromatic carbocycles. The first-order valence-electron chi connectivity index (χ1n) is 8.82. The number of carbonyl (C=O) groups excluding carboxylic acids is 1. The zero-order valence-corrected chi connectivity index (χ0v) is 16.6. The molecule has 1 aliphatic rings. The smallest absolute Gasteiger partial charge is 0.263 e. The highest BCUT2D eigenvalue weighted by molar-refractivity contribution is 7.91. The third-order valence-corrected chi connectivity index (χ3v) is 6.68. The molecule has 1 saturated heterocycles. The van der Waals surface area contributed by atoms with E-state index in [4.69, 9.17) is 16.3 Å². The van der Waals surface area contributed by atoms with Crippen LogP contribution in [0.5, 0.6) is 5.75 Å². The summed E-state index contributed by atoms with van der Waals surface area (Å²) in [6.07, 6.45) is -0.336. The minimum absolute atomic E-state index is 0.00954. The van der Waals surface area contributed by atoms with Gasteiger partial charge in [0.05, 0.1) is 16.5 Å². The second-order valence-electron chi connectivity index (χ2n) is 6.70. The van der Waals surface area contributed by atoms with E-state index >= 15 is 0 Å². The van der Waals surface area contributed by atoms with E-state index in [-0.39, 0.29) is 23.5 Å². The summed E-state index contributed by atoms with van der Waals surface area (Å²) >= 11 is 6.12. The number of amides is 1. The van der Waals surface area contributed by atoms with Crippen molar-refractivity contribution >= 4 is 27.3 Å². The van der Waals surface area contributed by atoms with Crippen molar-refractivity contribution < 1.29 is 17.9 Å². The normalized spacial score (nSPS) is 19.4. The molecule has 27 heavy (non-hydrogen) atoms. The molecule has 1 heterocycles. The van der Waals surface area contributed by atoms with Crippen molar-refractivity contribution in [2.24, 2.45) is 0 Å². The fourth-order valence-electron chi connectivity index (χ4n) is 3.20. The predicted molar refractivity (Wildman–Crippen MR) is 106 cm³/mol. The van der Waals surface area contributed by atoms with Gasteiger partial charge in [0.1, 0.15) is 5.75 Å². The van der Waals surface area contributed by atoms with E-state index in [0.29, 0.717) is 23.7 Å². The first kappa shape index (κ1) is 19.7. The average Bonchev–Trinajstić information content (AvgIpc) is 3.01. The quantitative estimate of drug-likeness (QED) is 0.736. The van der Waals surface area contributed by atoms with E-state index in [1.54, 1.807) is 36.1 Å². The number of nitrogens with zero attached hydrogens (tertiary/aromatic N) is 1. The molecule has 0 radical (unpaired) electrons. The van der Waals surface area contributed by atoms with Crippen LogP contribution in [-0.2, 0) is 21.2 Å². The number of benzene rings is 2. The summed E-state index contributed by atoms with van der Waals surface area (Å²) in [5.74, 6) is 0.278. The largest absolute Gasteiger partial charge is 0.479 e. The number of para-hydroxylation sites is 1. The number of halogens is 1. The first-order chi connectivity index (χ1) is 12.9. The molecule has 3 rings (SSSR count). The first-order valence-corrected chi connectivity index (χ1v) is 11.0. The van der Waals surface area contributed by atoms with Crippen LogP contribution < -0.4 is 4.74 Å². The summed E-state index contributed by atoms with van der Waals surface area (Å²) < 4.78 is 29.6. The molecule has 1 amide bonds. The lowest BCUT2D eigenvalue weighted by Gasteiger charge is -2.31. The van der Waals surface area contributed by atoms with Crippen molar-refractivity contribution in [3.05, 3.63) is 65.2 Å². The summed E-state index contributed by atoms with van der Waals surface area (Å²) in [4.78, 5) is 14.8. The van der Waals surface area contributed by atoms with Crippen LogP contribution in [0.4, 0.5) is 0 Å². The molecular formula is C20H22ClNO4S. The van der Waals surface area contributed by atoms with E-state index in [2.05, 4.69) is 0 Å². The Labute approximate surface area is 164 Å². The maximum Gasteiger partial charge on any atom is 0.263 e. The third kappa shape index (κ3) is 5.02. The van der Waals surface area contributed by atoms with Crippen LogP contribution in [0.3, 0.4) is 0 Å². The van der Waals surface area contributed by atoms with E-state index in [1.807, 2.05) is 30.3 Å². The molecule has 0 N–H and O–H groups in total. The highest BCUT2D eigenvalue weighted by Gasteiger charge is 2.36. The van der Waals surface area contributed by atoms with Crippen molar-refractivity contribution in [3.8, 4) is 5.75 Å². The van der Waals surface area contributed by atoms with Crippen molar-refractivity contribution in [1.29, 1.82) is 0 Å². The summed E-state index contributed by atoms with van der Waals surface area (Å²) in [7, 11) is -3.11. The lowest BCUT2D eigenvalue weighted by Crippen LogP contribution is -2.46. The zero-order chi connectivity index (χ0) is 19.4. The molecule has 2 aromatic rings. The predicted octanol–water partition coefficient (Wildman–Crippen LogP) is 3.32. The van der Waals surface area contributed by atoms with E-state index in [1.165, 1.54) is 0 Å². The number of rotatable bonds is 6. The van der Waals surface area contributed by atoms with Gasteiger partial charge >= 0.3 is 0 Å². The number of sulfone groups is 1. The second kappa shape index (κ2) is 8.31. The van der Waals surface area contributed by atoms with Crippen LogP contribution in [0.15, 0.2) is 54.6 Å². The van der Waals surface area contributed by atoms with Crippen molar-refractivity contribution in [3.63, 3.8) is 0 Å². The van der Waals surface area contributed by atoms with Crippen LogP contribution >= 0.6 is 11.6 Å². The fraction of sp³-hybridized carbons (Fsp3) is 0.350. The monoisotopic (exact) mass is 407 g/mol. The molecule has 2 atom stereocenters. The number of ether oxygens (including phenoxy) is 1. The molecule has 1 aliphatic heterocycles. The molecule has 0 bridgehead atoms. The molecule has 0 saturated carbocycles. The number of carbonyl (C=O) groups is 1. The number of hydrogen-bond acceptors (Lipinski definition) is 4. The van der Waals surface area contributed by atoms with Gasteiger partial charge < -0.3 is 9.64 Å². The Kier molecular flexibility index (Phi) is 6.07. The van der Waals surface area contributed by atoms with Crippen molar-refractivity contribution in [1.82, 2.24) is 4.90 Å². The van der Waals surface area contributed by atoms with Gasteiger partial charge in [-0.2, -0.15) is 0 Å². The van der Waals surface area contributed by atoms with Crippen LogP contribution in [0.25, 0.3) is 0 Å². The van der Waals surface area contributed by atoms with Gasteiger partial charge in [0.2, 0.25) is 0 Å². The Hall–Kier alpha value is -2.05. The Morgan fingerprint density at radius 2 is 1.85 bits per heavy atom. The van der Waals surface area contributed by atoms with Crippen LogP contribution in [-0.4, -0.2) is 42.9 Å². The van der Waals surface area contributed by atoms with Crippen molar-refractivity contribution in [2.45, 2.75) is 32.0 Å². The summed E-state index contributed by atoms with van der Waals surface area (Å²) in [5.41, 5.74) is 0.945. The van der Waals surface area contributed by atoms with Crippen LogP contribution in [0.2, 0.25) is 5.02 Å². The minimum Gasteiger partial charge on any atom is -0.479 e. The standard InChI is InChI=1S/C20H22ClNO4S/c1-15(26-19-10-6-5-9-18(19)21)20(23)22(13-16-7-3-2-4-8-16)17-11-12-27(24,25)14-17/h2-10,15,17H,11-14H2,1H3/t15-,17+/m0/s1. The highest BCUT2D eigenvalue weighted by atomic mass is 35.5. The Morgan fingerprint density at radius 3 is 2.48 bits per heavy atom. The van der Waals surface area contributed by atoms with Gasteiger partial charge in [-0.05, 0) is 31.0 Å². The molecule has 7 heteroatoms. The summed E-state index contributed by atoms with van der Waals surface area (Å²) in [6.45, 7) is 2.00. The van der Waals surface area contributed by atoms with E-state index < -0.39 is 15.9 Å². The molecule has 0 aromatic heterocycles. The Bertz CT molecular complexity index is 901. The third-order valence-electron chi connectivity index (χ3n) is 4.62. The molecular weight excluding hydrogens is 386 g/mol. The topological polar surface area (TPSA) is 63.7 Å². The lowest BCUT2D eigenvalue weighted by molar-refractivity contribution is -0.140. The van der Waals surface area contributed by atoms with Gasteiger partial charge in [-0.1, -0.05) is 54.1 Å². The van der Waals surface area contributed by atoms with Crippen LogP contribution in [0.1, 0.15) is 18.9 Å². The molecule has 144 valence electrons. The zero-order valence-electron chi connectivity index (χ0n) is 15.0. The average molecular weight is 408 g/mol. The van der Waals surface area contributed by atoms with Gasteiger partial charge in [0.25, 0.3) is 5.91 Å². The second-order valence-corrected chi connectivity index (χ2v) is 9.34. The molecule has 1 fully saturated rings. The molecule has 0 aliphatic carbocycles. The number of hydrogen-bond donors (Lipinski definition) is 0. The summed E-state index contributed by atoms with van der Waals surface area (Å²) in [6, 6.07) is 16.1. The van der Waals surface area contributed by atoms with Gasteiger partial charge in [-0.3, -0.25) is 4.79 Å². The van der Waals surface area contributed by atoms with E-state index in [9.17, 15) is 13.2 Å². The van der Waals surface area contributed by atoms with Gasteiger partial charge in [0, 0.05) is 12.6 Å². The fourth-order valence-corrected chi connectivity index (χ4v) is 5.11.